The third-order valence-corrected chi connectivity index (χ3v) is 6.03. The van der Waals surface area contributed by atoms with Gasteiger partial charge in [-0.05, 0) is 35.2 Å². The molecule has 0 aliphatic heterocycles. The van der Waals surface area contributed by atoms with Crippen LogP contribution in [-0.4, -0.2) is 34.7 Å². The molecule has 31 heavy (non-hydrogen) atoms. The topological polar surface area (TPSA) is 40.6 Å². The molecule has 0 aliphatic rings. The van der Waals surface area contributed by atoms with Crippen molar-refractivity contribution in [3.8, 4) is 0 Å². The van der Waals surface area contributed by atoms with Gasteiger partial charge in [-0.15, -0.1) is 17.9 Å². The second-order valence-corrected chi connectivity index (χ2v) is 8.79. The van der Waals surface area contributed by atoms with Crippen molar-refractivity contribution in [1.29, 1.82) is 0 Å². The molecular formula is C24H22Cl2N2O2S. The Balaban J connectivity index is 1.80. The highest BCUT2D eigenvalue weighted by Gasteiger charge is 2.23. The van der Waals surface area contributed by atoms with Crippen LogP contribution in [0.4, 0.5) is 0 Å². The Hall–Kier alpha value is -2.60. The molecule has 2 amide bonds. The summed E-state index contributed by atoms with van der Waals surface area (Å²) in [6, 6.07) is 18.4. The summed E-state index contributed by atoms with van der Waals surface area (Å²) < 4.78 is 0. The maximum absolute atomic E-state index is 13.3. The minimum atomic E-state index is -0.342. The molecule has 1 heterocycles. The second kappa shape index (κ2) is 11.1. The van der Waals surface area contributed by atoms with Crippen LogP contribution in [0.2, 0.25) is 10.0 Å². The molecule has 1 aromatic heterocycles. The van der Waals surface area contributed by atoms with Crippen LogP contribution in [0.5, 0.6) is 0 Å². The van der Waals surface area contributed by atoms with Crippen LogP contribution < -0.4 is 0 Å². The summed E-state index contributed by atoms with van der Waals surface area (Å²) in [6.45, 7) is 4.79. The minimum absolute atomic E-state index is 0.0813. The smallest absolute Gasteiger partial charge is 0.256 e. The first kappa shape index (κ1) is 23.1. The Morgan fingerprint density at radius 3 is 2.39 bits per heavy atom. The number of nitrogens with zero attached hydrogens (tertiary/aromatic N) is 2. The number of benzene rings is 2. The van der Waals surface area contributed by atoms with E-state index in [1.165, 1.54) is 11.0 Å². The van der Waals surface area contributed by atoms with E-state index in [0.717, 1.165) is 10.4 Å². The third kappa shape index (κ3) is 6.44. The molecule has 0 atom stereocenters. The number of amides is 2. The summed E-state index contributed by atoms with van der Waals surface area (Å²) >= 11 is 13.8. The predicted octanol–water partition coefficient (Wildman–Crippen LogP) is 5.91. The number of thiophene rings is 1. The highest BCUT2D eigenvalue weighted by atomic mass is 35.5. The lowest BCUT2D eigenvalue weighted by Crippen LogP contribution is -2.42. The average molecular weight is 473 g/mol. The molecule has 0 saturated heterocycles. The van der Waals surface area contributed by atoms with E-state index < -0.39 is 0 Å². The van der Waals surface area contributed by atoms with E-state index in [9.17, 15) is 9.59 Å². The molecule has 3 aromatic rings. The molecule has 0 bridgehead atoms. The first-order valence-electron chi connectivity index (χ1n) is 9.67. The molecule has 0 saturated carbocycles. The van der Waals surface area contributed by atoms with Crippen LogP contribution in [0, 0.1) is 0 Å². The van der Waals surface area contributed by atoms with Gasteiger partial charge in [0.25, 0.3) is 5.91 Å². The van der Waals surface area contributed by atoms with Crippen molar-refractivity contribution in [2.45, 2.75) is 13.1 Å². The third-order valence-electron chi connectivity index (χ3n) is 4.62. The summed E-state index contributed by atoms with van der Waals surface area (Å²) in [5.74, 6) is -0.497. The Morgan fingerprint density at radius 2 is 1.74 bits per heavy atom. The molecule has 0 aliphatic carbocycles. The Labute approximate surface area is 196 Å². The maximum atomic E-state index is 13.3. The lowest BCUT2D eigenvalue weighted by molar-refractivity contribution is -0.133. The van der Waals surface area contributed by atoms with Crippen LogP contribution in [0.25, 0.3) is 0 Å². The van der Waals surface area contributed by atoms with E-state index in [-0.39, 0.29) is 29.9 Å². The lowest BCUT2D eigenvalue weighted by atomic mass is 10.2. The number of halogens is 2. The summed E-state index contributed by atoms with van der Waals surface area (Å²) in [5, 5.41) is 2.67. The zero-order chi connectivity index (χ0) is 22.2. The van der Waals surface area contributed by atoms with Gasteiger partial charge in [-0.3, -0.25) is 9.59 Å². The molecule has 0 unspecified atom stereocenters. The highest BCUT2D eigenvalue weighted by Crippen LogP contribution is 2.23. The zero-order valence-corrected chi connectivity index (χ0v) is 19.2. The van der Waals surface area contributed by atoms with E-state index in [2.05, 4.69) is 6.58 Å². The quantitative estimate of drug-likeness (QED) is 0.363. The second-order valence-electron chi connectivity index (χ2n) is 6.91. The summed E-state index contributed by atoms with van der Waals surface area (Å²) in [4.78, 5) is 30.6. The molecule has 4 nitrogen and oxygen atoms in total. The Bertz CT molecular complexity index is 1040. The molecule has 0 spiro atoms. The first-order valence-corrected chi connectivity index (χ1v) is 11.3. The molecule has 0 radical (unpaired) electrons. The average Bonchev–Trinajstić information content (AvgIpc) is 3.26. The number of rotatable bonds is 9. The van der Waals surface area contributed by atoms with Crippen LogP contribution >= 0.6 is 34.5 Å². The van der Waals surface area contributed by atoms with Crippen LogP contribution in [-0.2, 0) is 17.9 Å². The van der Waals surface area contributed by atoms with Gasteiger partial charge >= 0.3 is 0 Å². The Morgan fingerprint density at radius 1 is 0.968 bits per heavy atom. The molecule has 2 aromatic carbocycles. The van der Waals surface area contributed by atoms with Gasteiger partial charge in [-0.25, -0.2) is 0 Å². The lowest BCUT2D eigenvalue weighted by Gasteiger charge is -2.27. The van der Waals surface area contributed by atoms with Crippen LogP contribution in [0.1, 0.15) is 20.8 Å². The predicted molar refractivity (Wildman–Crippen MR) is 128 cm³/mol. The van der Waals surface area contributed by atoms with Crippen LogP contribution in [0.3, 0.4) is 0 Å². The van der Waals surface area contributed by atoms with Gasteiger partial charge < -0.3 is 9.80 Å². The standard InChI is InChI=1S/C24H22Cl2N2O2S/c1-2-12-27(24(30)21-11-10-19(25)14-22(21)26)17-23(29)28(16-20-9-6-13-31-20)15-18-7-4-3-5-8-18/h2-11,13-14H,1,12,15-17H2. The Kier molecular flexibility index (Phi) is 8.29. The summed E-state index contributed by atoms with van der Waals surface area (Å²) in [6.07, 6.45) is 1.59. The normalized spacial score (nSPS) is 10.5. The van der Waals surface area contributed by atoms with E-state index in [4.69, 9.17) is 23.2 Å². The van der Waals surface area contributed by atoms with Crippen LogP contribution in [0.15, 0.2) is 78.7 Å². The number of hydrogen-bond donors (Lipinski definition) is 0. The summed E-state index contributed by atoms with van der Waals surface area (Å²) in [7, 11) is 0. The fourth-order valence-corrected chi connectivity index (χ4v) is 4.31. The van der Waals surface area contributed by atoms with Gasteiger partial charge in [0.1, 0.15) is 6.54 Å². The van der Waals surface area contributed by atoms with Crippen molar-refractivity contribution in [2.24, 2.45) is 0 Å². The fraction of sp³-hybridized carbons (Fsp3) is 0.167. The van der Waals surface area contributed by atoms with Crippen molar-refractivity contribution in [3.63, 3.8) is 0 Å². The van der Waals surface area contributed by atoms with E-state index in [1.807, 2.05) is 47.8 Å². The first-order chi connectivity index (χ1) is 15.0. The number of carbonyl (C=O) groups excluding carboxylic acids is 2. The monoisotopic (exact) mass is 472 g/mol. The zero-order valence-electron chi connectivity index (χ0n) is 16.8. The summed E-state index contributed by atoms with van der Waals surface area (Å²) in [5.41, 5.74) is 1.32. The van der Waals surface area contributed by atoms with Gasteiger partial charge in [-0.1, -0.05) is 65.7 Å². The van der Waals surface area contributed by atoms with Crippen molar-refractivity contribution < 1.29 is 9.59 Å². The molecule has 0 fully saturated rings. The largest absolute Gasteiger partial charge is 0.332 e. The molecule has 160 valence electrons. The number of hydrogen-bond acceptors (Lipinski definition) is 3. The number of carbonyl (C=O) groups is 2. The fourth-order valence-electron chi connectivity index (χ4n) is 3.10. The molecule has 3 rings (SSSR count). The van der Waals surface area contributed by atoms with Gasteiger partial charge in [0, 0.05) is 23.0 Å². The highest BCUT2D eigenvalue weighted by molar-refractivity contribution is 7.09. The van der Waals surface area contributed by atoms with Gasteiger partial charge in [0.15, 0.2) is 0 Å². The van der Waals surface area contributed by atoms with Gasteiger partial charge in [-0.2, -0.15) is 0 Å². The van der Waals surface area contributed by atoms with Crippen molar-refractivity contribution in [1.82, 2.24) is 9.80 Å². The van der Waals surface area contributed by atoms with Gasteiger partial charge in [0.2, 0.25) is 5.91 Å². The molecule has 7 heteroatoms. The van der Waals surface area contributed by atoms with Gasteiger partial charge in [0.05, 0.1) is 17.1 Å². The van der Waals surface area contributed by atoms with Crippen molar-refractivity contribution >= 4 is 46.4 Å². The van der Waals surface area contributed by atoms with E-state index >= 15 is 0 Å². The van der Waals surface area contributed by atoms with E-state index in [1.54, 1.807) is 34.4 Å². The molecule has 0 N–H and O–H groups in total. The van der Waals surface area contributed by atoms with Crippen molar-refractivity contribution in [3.05, 3.63) is 105 Å². The SMILES string of the molecule is C=CCN(CC(=O)N(Cc1ccccc1)Cc1cccs1)C(=O)c1ccc(Cl)cc1Cl. The van der Waals surface area contributed by atoms with E-state index in [0.29, 0.717) is 23.7 Å². The van der Waals surface area contributed by atoms with Crippen molar-refractivity contribution in [2.75, 3.05) is 13.1 Å². The maximum Gasteiger partial charge on any atom is 0.256 e. The molecular weight excluding hydrogens is 451 g/mol. The minimum Gasteiger partial charge on any atom is -0.332 e.